The van der Waals surface area contributed by atoms with E-state index in [0.29, 0.717) is 18.8 Å². The Kier molecular flexibility index (Phi) is 9.32. The molecule has 0 bridgehead atoms. The molecule has 1 aliphatic rings. The minimum Gasteiger partial charge on any atom is -0.433 e. The molecular weight excluding hydrogens is 517 g/mol. The third kappa shape index (κ3) is 6.44. The molecule has 172 valence electrons. The molecule has 1 aromatic carbocycles. The summed E-state index contributed by atoms with van der Waals surface area (Å²) in [5.41, 5.74) is 3.90. The number of aliphatic imine (C=N–C) groups is 1. The molecule has 31 heavy (non-hydrogen) atoms. The molecular formula is C21H31F2IN6O. The fourth-order valence-electron chi connectivity index (χ4n) is 3.73. The van der Waals surface area contributed by atoms with Gasteiger partial charge in [0, 0.05) is 44.0 Å². The van der Waals surface area contributed by atoms with Gasteiger partial charge in [0.05, 0.1) is 17.9 Å². The quantitative estimate of drug-likeness (QED) is 0.315. The van der Waals surface area contributed by atoms with Gasteiger partial charge in [-0.15, -0.1) is 24.0 Å². The number of aromatic nitrogens is 2. The van der Waals surface area contributed by atoms with Gasteiger partial charge in [-0.3, -0.25) is 4.68 Å². The summed E-state index contributed by atoms with van der Waals surface area (Å²) >= 11 is 0. The Labute approximate surface area is 199 Å². The second-order valence-electron chi connectivity index (χ2n) is 7.39. The Balaban J connectivity index is 0.00000341. The fraction of sp³-hybridized carbons (Fsp3) is 0.524. The topological polar surface area (TPSA) is 66.7 Å². The first kappa shape index (κ1) is 25.2. The van der Waals surface area contributed by atoms with Crippen LogP contribution in [0.3, 0.4) is 0 Å². The summed E-state index contributed by atoms with van der Waals surface area (Å²) in [6.07, 6.45) is 0.873. The zero-order chi connectivity index (χ0) is 21.7. The second kappa shape index (κ2) is 11.5. The molecule has 0 amide bonds. The number of hydrogen-bond donors (Lipinski definition) is 2. The second-order valence-corrected chi connectivity index (χ2v) is 7.39. The van der Waals surface area contributed by atoms with E-state index in [1.807, 2.05) is 44.6 Å². The first-order valence-electron chi connectivity index (χ1n) is 10.2. The van der Waals surface area contributed by atoms with Gasteiger partial charge in [-0.05, 0) is 39.3 Å². The van der Waals surface area contributed by atoms with Gasteiger partial charge in [-0.2, -0.15) is 13.9 Å². The van der Waals surface area contributed by atoms with Crippen molar-refractivity contribution in [2.75, 3.05) is 24.5 Å². The number of alkyl halides is 2. The van der Waals surface area contributed by atoms with Crippen molar-refractivity contribution in [1.29, 1.82) is 0 Å². The molecule has 0 saturated carbocycles. The Morgan fingerprint density at radius 3 is 2.71 bits per heavy atom. The number of halogens is 3. The summed E-state index contributed by atoms with van der Waals surface area (Å²) in [5.74, 6) is 0.945. The number of nitrogens with one attached hydrogen (secondary N) is 2. The van der Waals surface area contributed by atoms with E-state index in [1.54, 1.807) is 12.1 Å². The van der Waals surface area contributed by atoms with Crippen LogP contribution in [0.4, 0.5) is 14.5 Å². The number of rotatable bonds is 7. The molecule has 2 aromatic rings. The van der Waals surface area contributed by atoms with Gasteiger partial charge in [0.25, 0.3) is 0 Å². The van der Waals surface area contributed by atoms with Crippen LogP contribution in [-0.4, -0.2) is 48.0 Å². The highest BCUT2D eigenvalue weighted by molar-refractivity contribution is 14.0. The van der Waals surface area contributed by atoms with Crippen LogP contribution in [-0.2, 0) is 13.6 Å². The largest absolute Gasteiger partial charge is 0.433 e. The monoisotopic (exact) mass is 548 g/mol. The number of nitrogens with zero attached hydrogens (tertiary/aromatic N) is 4. The summed E-state index contributed by atoms with van der Waals surface area (Å²) in [4.78, 5) is 6.80. The van der Waals surface area contributed by atoms with E-state index in [0.717, 1.165) is 42.4 Å². The van der Waals surface area contributed by atoms with Crippen LogP contribution in [0.2, 0.25) is 0 Å². The van der Waals surface area contributed by atoms with Crippen molar-refractivity contribution >= 4 is 35.6 Å². The lowest BCUT2D eigenvalue weighted by molar-refractivity contribution is -0.0495. The van der Waals surface area contributed by atoms with Crippen LogP contribution in [0.1, 0.15) is 30.3 Å². The zero-order valence-electron chi connectivity index (χ0n) is 18.4. The molecule has 0 radical (unpaired) electrons. The van der Waals surface area contributed by atoms with Crippen molar-refractivity contribution in [2.45, 2.75) is 46.4 Å². The number of anilines is 1. The van der Waals surface area contributed by atoms with E-state index in [9.17, 15) is 8.78 Å². The maximum Gasteiger partial charge on any atom is 0.387 e. The minimum absolute atomic E-state index is 0. The lowest BCUT2D eigenvalue weighted by Gasteiger charge is -2.22. The number of para-hydroxylation sites is 2. The van der Waals surface area contributed by atoms with Gasteiger partial charge in [0.2, 0.25) is 0 Å². The highest BCUT2D eigenvalue weighted by Crippen LogP contribution is 2.31. The Morgan fingerprint density at radius 1 is 1.32 bits per heavy atom. The predicted molar refractivity (Wildman–Crippen MR) is 130 cm³/mol. The van der Waals surface area contributed by atoms with Crippen LogP contribution in [0, 0.1) is 13.8 Å². The summed E-state index contributed by atoms with van der Waals surface area (Å²) in [5, 5.41) is 11.2. The molecule has 1 fully saturated rings. The highest BCUT2D eigenvalue weighted by atomic mass is 127. The summed E-state index contributed by atoms with van der Waals surface area (Å²) in [7, 11) is 1.93. The third-order valence-corrected chi connectivity index (χ3v) is 5.35. The highest BCUT2D eigenvalue weighted by Gasteiger charge is 2.26. The number of guanidine groups is 1. The lowest BCUT2D eigenvalue weighted by Crippen LogP contribution is -2.44. The molecule has 1 unspecified atom stereocenters. The van der Waals surface area contributed by atoms with Crippen LogP contribution in [0.15, 0.2) is 29.3 Å². The van der Waals surface area contributed by atoms with Crippen LogP contribution in [0.25, 0.3) is 0 Å². The third-order valence-electron chi connectivity index (χ3n) is 5.35. The summed E-state index contributed by atoms with van der Waals surface area (Å²) in [6, 6.07) is 7.07. The van der Waals surface area contributed by atoms with Crippen LogP contribution >= 0.6 is 24.0 Å². The van der Waals surface area contributed by atoms with E-state index in [-0.39, 0.29) is 35.8 Å². The Morgan fingerprint density at radius 2 is 2.06 bits per heavy atom. The van der Waals surface area contributed by atoms with E-state index in [2.05, 4.69) is 25.4 Å². The van der Waals surface area contributed by atoms with Crippen LogP contribution < -0.4 is 20.3 Å². The average molecular weight is 548 g/mol. The van der Waals surface area contributed by atoms with Crippen molar-refractivity contribution in [2.24, 2.45) is 12.0 Å². The number of benzene rings is 1. The SMILES string of the molecule is CCNC(=NCc1c(C)nn(C)c1C)NC1CCN(c2ccccc2OC(F)F)C1.I. The number of hydrogen-bond acceptors (Lipinski definition) is 4. The van der Waals surface area contributed by atoms with Crippen molar-refractivity contribution in [3.63, 3.8) is 0 Å². The van der Waals surface area contributed by atoms with Gasteiger partial charge < -0.3 is 20.3 Å². The normalized spacial score (nSPS) is 16.4. The number of ether oxygens (including phenoxy) is 1. The molecule has 2 heterocycles. The molecule has 10 heteroatoms. The maximum absolute atomic E-state index is 12.7. The van der Waals surface area contributed by atoms with Gasteiger partial charge in [-0.25, -0.2) is 4.99 Å². The summed E-state index contributed by atoms with van der Waals surface area (Å²) < 4.78 is 32.0. The van der Waals surface area contributed by atoms with Crippen molar-refractivity contribution in [1.82, 2.24) is 20.4 Å². The molecule has 0 aliphatic carbocycles. The Hall–Kier alpha value is -2.11. The fourth-order valence-corrected chi connectivity index (χ4v) is 3.73. The standard InChI is InChI=1S/C21H30F2N6O.HI/c1-5-24-21(25-12-17-14(2)27-28(4)15(17)3)26-16-10-11-29(13-16)18-8-6-7-9-19(18)30-20(22)23;/h6-9,16,20H,5,10-13H2,1-4H3,(H2,24,25,26);1H. The molecule has 1 saturated heterocycles. The molecule has 2 N–H and O–H groups in total. The van der Waals surface area contributed by atoms with Gasteiger partial charge >= 0.3 is 6.61 Å². The molecule has 1 aliphatic heterocycles. The zero-order valence-corrected chi connectivity index (χ0v) is 20.7. The van der Waals surface area contributed by atoms with Gasteiger partial charge in [-0.1, -0.05) is 12.1 Å². The molecule has 1 aromatic heterocycles. The van der Waals surface area contributed by atoms with E-state index >= 15 is 0 Å². The predicted octanol–water partition coefficient (Wildman–Crippen LogP) is 3.59. The average Bonchev–Trinajstić information content (AvgIpc) is 3.25. The minimum atomic E-state index is -2.84. The van der Waals surface area contributed by atoms with Gasteiger partial charge in [0.1, 0.15) is 5.75 Å². The molecule has 0 spiro atoms. The molecule has 1 atom stereocenters. The van der Waals surface area contributed by atoms with Crippen molar-refractivity contribution in [3.05, 3.63) is 41.2 Å². The Bertz CT molecular complexity index is 889. The molecule has 7 nitrogen and oxygen atoms in total. The van der Waals surface area contributed by atoms with Crippen molar-refractivity contribution in [3.8, 4) is 5.75 Å². The van der Waals surface area contributed by atoms with E-state index < -0.39 is 6.61 Å². The van der Waals surface area contributed by atoms with Gasteiger partial charge in [0.15, 0.2) is 5.96 Å². The first-order chi connectivity index (χ1) is 14.4. The van der Waals surface area contributed by atoms with E-state index in [1.165, 1.54) is 0 Å². The lowest BCUT2D eigenvalue weighted by atomic mass is 10.2. The van der Waals surface area contributed by atoms with Crippen LogP contribution in [0.5, 0.6) is 5.75 Å². The smallest absolute Gasteiger partial charge is 0.387 e. The number of aryl methyl sites for hydroxylation is 2. The summed E-state index contributed by atoms with van der Waals surface area (Å²) in [6.45, 7) is 5.94. The first-order valence-corrected chi connectivity index (χ1v) is 10.2. The maximum atomic E-state index is 12.7. The van der Waals surface area contributed by atoms with E-state index in [4.69, 9.17) is 4.99 Å². The van der Waals surface area contributed by atoms with Crippen molar-refractivity contribution < 1.29 is 13.5 Å². The molecule has 3 rings (SSSR count).